The Morgan fingerprint density at radius 2 is 0.923 bits per heavy atom. The first-order chi connectivity index (χ1) is 11.3. The number of hydrogen-bond donors (Lipinski definition) is 0. The number of alkyl halides is 12. The number of unbranched alkanes of at least 4 members (excludes halogenated alkanes) is 4. The standard InChI is InChI=1S/C13H17F12P/c1-2-3-4-5-6-7-8(14,26)9(15,16)10(17,18)11(19,20)12(21,22)13(23,24)25/h2-7,26H2,1H3/p+1. The van der Waals surface area contributed by atoms with Crippen LogP contribution < -0.4 is 0 Å². The molecule has 158 valence electrons. The molecule has 0 saturated heterocycles. The molecule has 0 heterocycles. The quantitative estimate of drug-likeness (QED) is 0.204. The highest BCUT2D eigenvalue weighted by molar-refractivity contribution is 7.18. The summed E-state index contributed by atoms with van der Waals surface area (Å²) in [5, 5.41) is -4.41. The molecule has 0 fully saturated rings. The van der Waals surface area contributed by atoms with E-state index in [0.717, 1.165) is 0 Å². The van der Waals surface area contributed by atoms with Crippen LogP contribution in [0, 0.1) is 0 Å². The van der Waals surface area contributed by atoms with Crippen LogP contribution in [0.3, 0.4) is 0 Å². The Hall–Kier alpha value is -0.410. The molecule has 13 heteroatoms. The first kappa shape index (κ1) is 25.6. The van der Waals surface area contributed by atoms with Gasteiger partial charge in [-0.15, -0.1) is 0 Å². The largest absolute Gasteiger partial charge is 0.460 e. The fourth-order valence-corrected chi connectivity index (χ4v) is 2.49. The molecule has 0 aliphatic heterocycles. The maximum atomic E-state index is 14.0. The summed E-state index contributed by atoms with van der Waals surface area (Å²) in [6.45, 7) is 1.76. The molecule has 0 amide bonds. The van der Waals surface area contributed by atoms with E-state index < -0.39 is 57.4 Å². The van der Waals surface area contributed by atoms with Gasteiger partial charge in [-0.05, 0) is 6.42 Å². The van der Waals surface area contributed by atoms with E-state index in [2.05, 4.69) is 0 Å². The Labute approximate surface area is 143 Å². The van der Waals surface area contributed by atoms with Crippen LogP contribution in [0.15, 0.2) is 0 Å². The number of hydrogen-bond acceptors (Lipinski definition) is 0. The fraction of sp³-hybridized carbons (Fsp3) is 1.00. The van der Waals surface area contributed by atoms with Crippen molar-refractivity contribution in [1.29, 1.82) is 0 Å². The molecule has 0 aromatic heterocycles. The van der Waals surface area contributed by atoms with E-state index >= 15 is 0 Å². The van der Waals surface area contributed by atoms with E-state index in [9.17, 15) is 52.7 Å². The highest BCUT2D eigenvalue weighted by atomic mass is 31.0. The molecule has 0 N–H and O–H groups in total. The molecule has 0 rings (SSSR count). The predicted octanol–water partition coefficient (Wildman–Crippen LogP) is 6.72. The third-order valence-corrected chi connectivity index (χ3v) is 4.58. The van der Waals surface area contributed by atoms with E-state index in [-0.39, 0.29) is 6.42 Å². The summed E-state index contributed by atoms with van der Waals surface area (Å²) in [5.41, 5.74) is 0. The van der Waals surface area contributed by atoms with Crippen molar-refractivity contribution in [3.05, 3.63) is 0 Å². The average molecular weight is 433 g/mol. The smallest absolute Gasteiger partial charge is 0.193 e. The number of rotatable bonds is 10. The van der Waals surface area contributed by atoms with Gasteiger partial charge in [0.05, 0.1) is 0 Å². The summed E-state index contributed by atoms with van der Waals surface area (Å²) in [4.78, 5) is 0. The molecule has 0 nitrogen and oxygen atoms in total. The zero-order valence-electron chi connectivity index (χ0n) is 13.5. The van der Waals surface area contributed by atoms with Crippen LogP contribution in [-0.2, 0) is 0 Å². The minimum Gasteiger partial charge on any atom is -0.193 e. The lowest BCUT2D eigenvalue weighted by Crippen LogP contribution is -2.69. The van der Waals surface area contributed by atoms with Crippen molar-refractivity contribution in [2.45, 2.75) is 80.7 Å². The third-order valence-electron chi connectivity index (χ3n) is 3.78. The lowest BCUT2D eigenvalue weighted by Gasteiger charge is -2.39. The Morgan fingerprint density at radius 1 is 0.538 bits per heavy atom. The first-order valence-electron chi connectivity index (χ1n) is 7.43. The molecule has 0 spiro atoms. The van der Waals surface area contributed by atoms with Gasteiger partial charge in [-0.3, -0.25) is 0 Å². The number of halogens is 12. The molecule has 26 heavy (non-hydrogen) atoms. The van der Waals surface area contributed by atoms with Crippen LogP contribution in [0.5, 0.6) is 0 Å². The van der Waals surface area contributed by atoms with Crippen LogP contribution in [0.4, 0.5) is 52.7 Å². The molecule has 0 aromatic carbocycles. The second-order valence-corrected chi connectivity index (χ2v) is 7.05. The van der Waals surface area contributed by atoms with Gasteiger partial charge in [-0.2, -0.15) is 52.7 Å². The van der Waals surface area contributed by atoms with Gasteiger partial charge in [-0.1, -0.05) is 32.6 Å². The summed E-state index contributed by atoms with van der Waals surface area (Å²) in [7, 11) is -0.485. The molecule has 0 aliphatic rings. The monoisotopic (exact) mass is 433 g/mol. The van der Waals surface area contributed by atoms with Gasteiger partial charge in [0, 0.05) is 15.7 Å². The van der Waals surface area contributed by atoms with Crippen LogP contribution >= 0.6 is 9.24 Å². The highest BCUT2D eigenvalue weighted by Crippen LogP contribution is 2.61. The van der Waals surface area contributed by atoms with Crippen LogP contribution in [0.1, 0.15) is 45.4 Å². The van der Waals surface area contributed by atoms with Crippen LogP contribution in [0.2, 0.25) is 0 Å². The van der Waals surface area contributed by atoms with E-state index in [4.69, 9.17) is 0 Å². The Morgan fingerprint density at radius 3 is 1.31 bits per heavy atom. The lowest BCUT2D eigenvalue weighted by atomic mass is 9.92. The van der Waals surface area contributed by atoms with Crippen molar-refractivity contribution < 1.29 is 52.7 Å². The fourth-order valence-electron chi connectivity index (χ4n) is 2.02. The molecular formula is C13H18F12P+. The van der Waals surface area contributed by atoms with Crippen molar-refractivity contribution in [3.63, 3.8) is 0 Å². The lowest BCUT2D eigenvalue weighted by molar-refractivity contribution is -0.428. The predicted molar refractivity (Wildman–Crippen MR) is 74.2 cm³/mol. The summed E-state index contributed by atoms with van der Waals surface area (Å²) in [6, 6.07) is 0. The Balaban J connectivity index is 5.64. The topological polar surface area (TPSA) is 0 Å². The Bertz CT molecular complexity index is 455. The van der Waals surface area contributed by atoms with Crippen LogP contribution in [-0.4, -0.2) is 35.3 Å². The zero-order valence-corrected chi connectivity index (χ0v) is 14.9. The molecule has 0 bridgehead atoms. The van der Waals surface area contributed by atoms with Crippen molar-refractivity contribution in [2.75, 3.05) is 0 Å². The molecule has 0 aliphatic carbocycles. The summed E-state index contributed by atoms with van der Waals surface area (Å²) in [6.07, 6.45) is -7.40. The molecular weight excluding hydrogens is 415 g/mol. The normalized spacial score (nSPS) is 17.4. The van der Waals surface area contributed by atoms with Crippen molar-refractivity contribution in [1.82, 2.24) is 0 Å². The van der Waals surface area contributed by atoms with Gasteiger partial charge in [0.2, 0.25) is 0 Å². The summed E-state index contributed by atoms with van der Waals surface area (Å²) < 4.78 is 156. The summed E-state index contributed by atoms with van der Waals surface area (Å²) in [5.74, 6) is -28.8. The molecule has 0 saturated carbocycles. The average Bonchev–Trinajstić information content (AvgIpc) is 2.44. The third kappa shape index (κ3) is 4.35. The van der Waals surface area contributed by atoms with Gasteiger partial charge in [-0.25, -0.2) is 0 Å². The minimum absolute atomic E-state index is 0.0641. The second-order valence-electron chi connectivity index (χ2n) is 5.92. The van der Waals surface area contributed by atoms with Gasteiger partial charge in [0.1, 0.15) is 0 Å². The van der Waals surface area contributed by atoms with E-state index in [1.807, 2.05) is 0 Å². The van der Waals surface area contributed by atoms with Crippen LogP contribution in [0.25, 0.3) is 0 Å². The zero-order chi connectivity index (χ0) is 21.2. The maximum absolute atomic E-state index is 14.0. The van der Waals surface area contributed by atoms with Crippen molar-refractivity contribution in [3.8, 4) is 0 Å². The maximum Gasteiger partial charge on any atom is 0.460 e. The van der Waals surface area contributed by atoms with Gasteiger partial charge in [0.15, 0.2) is 0 Å². The van der Waals surface area contributed by atoms with Gasteiger partial charge >= 0.3 is 29.9 Å². The molecule has 0 aromatic rings. The van der Waals surface area contributed by atoms with E-state index in [0.29, 0.717) is 19.3 Å². The van der Waals surface area contributed by atoms with E-state index in [1.165, 1.54) is 0 Å². The van der Waals surface area contributed by atoms with Crippen molar-refractivity contribution >= 4 is 9.24 Å². The SMILES string of the molecule is CCCCCCCC(F)([PH3+])C(F)(F)C(F)(F)C(F)(F)C(F)(F)C(F)(F)F. The van der Waals surface area contributed by atoms with Gasteiger partial charge in [0.25, 0.3) is 5.41 Å². The molecule has 2 unspecified atom stereocenters. The highest BCUT2D eigenvalue weighted by Gasteiger charge is 2.90. The molecule has 0 radical (unpaired) electrons. The van der Waals surface area contributed by atoms with Crippen molar-refractivity contribution in [2.24, 2.45) is 0 Å². The first-order valence-corrected chi connectivity index (χ1v) is 8.14. The summed E-state index contributed by atoms with van der Waals surface area (Å²) >= 11 is 0. The second kappa shape index (κ2) is 7.91. The van der Waals surface area contributed by atoms with Gasteiger partial charge < -0.3 is 0 Å². The minimum atomic E-state index is -7.57. The Kier molecular flexibility index (Phi) is 7.79. The molecule has 2 atom stereocenters. The van der Waals surface area contributed by atoms with E-state index in [1.54, 1.807) is 6.92 Å².